The number of para-hydroxylation sites is 1. The highest BCUT2D eigenvalue weighted by atomic mass is 32.2. The molecule has 0 aliphatic rings. The molecule has 0 unspecified atom stereocenters. The number of sulfonamides is 1. The average Bonchev–Trinajstić information content (AvgIpc) is 3.03. The predicted molar refractivity (Wildman–Crippen MR) is 168 cm³/mol. The molecule has 8 nitrogen and oxygen atoms in total. The quantitative estimate of drug-likeness (QED) is 0.234. The van der Waals surface area contributed by atoms with Crippen LogP contribution in [0.1, 0.15) is 23.6 Å². The summed E-state index contributed by atoms with van der Waals surface area (Å²) in [7, 11) is -2.58. The van der Waals surface area contributed by atoms with Crippen molar-refractivity contribution in [1.29, 1.82) is 0 Å². The van der Waals surface area contributed by atoms with E-state index in [1.54, 1.807) is 62.6 Å². The van der Waals surface area contributed by atoms with Crippen molar-refractivity contribution in [1.82, 2.24) is 10.2 Å². The molecule has 0 heterocycles. The molecule has 0 bridgehead atoms. The van der Waals surface area contributed by atoms with Gasteiger partial charge in [-0.15, -0.1) is 0 Å². The van der Waals surface area contributed by atoms with Crippen LogP contribution in [-0.4, -0.2) is 51.4 Å². The van der Waals surface area contributed by atoms with Gasteiger partial charge in [-0.05, 0) is 60.9 Å². The molecule has 9 heteroatoms. The summed E-state index contributed by atoms with van der Waals surface area (Å²) >= 11 is 0. The maximum absolute atomic E-state index is 14.4. The highest BCUT2D eigenvalue weighted by Crippen LogP contribution is 2.28. The van der Waals surface area contributed by atoms with Gasteiger partial charge in [0, 0.05) is 19.5 Å². The molecule has 0 saturated carbocycles. The Hall–Kier alpha value is -4.63. The van der Waals surface area contributed by atoms with Crippen LogP contribution in [0.25, 0.3) is 0 Å². The first-order valence-electron chi connectivity index (χ1n) is 14.1. The van der Waals surface area contributed by atoms with E-state index in [0.29, 0.717) is 23.5 Å². The minimum atomic E-state index is -4.14. The van der Waals surface area contributed by atoms with E-state index in [2.05, 4.69) is 5.32 Å². The van der Waals surface area contributed by atoms with Gasteiger partial charge in [0.15, 0.2) is 0 Å². The summed E-state index contributed by atoms with van der Waals surface area (Å²) in [5.74, 6) is -0.232. The van der Waals surface area contributed by atoms with Crippen LogP contribution in [0.15, 0.2) is 114 Å². The molecule has 0 radical (unpaired) electrons. The molecule has 2 amide bonds. The minimum absolute atomic E-state index is 0.0648. The van der Waals surface area contributed by atoms with Crippen molar-refractivity contribution in [2.75, 3.05) is 24.5 Å². The lowest BCUT2D eigenvalue weighted by Gasteiger charge is -2.34. The third kappa shape index (κ3) is 7.81. The Balaban J connectivity index is 1.81. The summed E-state index contributed by atoms with van der Waals surface area (Å²) in [6.07, 6.45) is 0.248. The Labute approximate surface area is 254 Å². The third-order valence-corrected chi connectivity index (χ3v) is 8.88. The van der Waals surface area contributed by atoms with E-state index in [1.807, 2.05) is 55.5 Å². The van der Waals surface area contributed by atoms with Gasteiger partial charge in [-0.2, -0.15) is 0 Å². The summed E-state index contributed by atoms with van der Waals surface area (Å²) < 4.78 is 34.6. The van der Waals surface area contributed by atoms with E-state index >= 15 is 0 Å². The maximum atomic E-state index is 14.4. The van der Waals surface area contributed by atoms with Gasteiger partial charge in [-0.25, -0.2) is 8.42 Å². The van der Waals surface area contributed by atoms with Gasteiger partial charge in [0.25, 0.3) is 10.0 Å². The first kappa shape index (κ1) is 31.3. The van der Waals surface area contributed by atoms with E-state index in [4.69, 9.17) is 4.74 Å². The number of benzene rings is 4. The molecule has 224 valence electrons. The largest absolute Gasteiger partial charge is 0.497 e. The van der Waals surface area contributed by atoms with Crippen LogP contribution < -0.4 is 14.4 Å². The molecule has 0 aromatic heterocycles. The van der Waals surface area contributed by atoms with Gasteiger partial charge in [0.05, 0.1) is 17.7 Å². The highest BCUT2D eigenvalue weighted by Gasteiger charge is 2.34. The van der Waals surface area contributed by atoms with Crippen molar-refractivity contribution in [2.24, 2.45) is 0 Å². The fraction of sp³-hybridized carbons (Fsp3) is 0.235. The smallest absolute Gasteiger partial charge is 0.264 e. The summed E-state index contributed by atoms with van der Waals surface area (Å²) in [4.78, 5) is 29.5. The van der Waals surface area contributed by atoms with Crippen molar-refractivity contribution < 1.29 is 22.7 Å². The fourth-order valence-electron chi connectivity index (χ4n) is 4.89. The van der Waals surface area contributed by atoms with Crippen molar-refractivity contribution in [3.8, 4) is 5.75 Å². The second kappa shape index (κ2) is 14.5. The van der Waals surface area contributed by atoms with Crippen LogP contribution in [0, 0.1) is 6.92 Å². The Morgan fingerprint density at radius 2 is 1.47 bits per heavy atom. The predicted octanol–water partition coefficient (Wildman–Crippen LogP) is 4.98. The lowest BCUT2D eigenvalue weighted by atomic mass is 10.0. The molecule has 0 aliphatic heterocycles. The number of hydrogen-bond donors (Lipinski definition) is 1. The number of ether oxygens (including phenoxy) is 1. The SMILES string of the molecule is CCNC(=O)[C@@H](Cc1ccccc1)N(Cc1cccc(OC)c1)C(=O)CN(c1ccccc1C)S(=O)(=O)c1ccccc1. The Kier molecular flexibility index (Phi) is 10.6. The Morgan fingerprint density at radius 3 is 2.12 bits per heavy atom. The van der Waals surface area contributed by atoms with Gasteiger partial charge in [0.1, 0.15) is 18.3 Å². The molecule has 1 N–H and O–H groups in total. The Bertz CT molecular complexity index is 1630. The molecule has 43 heavy (non-hydrogen) atoms. The number of anilines is 1. The number of carbonyl (C=O) groups is 2. The molecular formula is C34H37N3O5S. The van der Waals surface area contributed by atoms with Crippen molar-refractivity contribution in [3.05, 3.63) is 126 Å². The number of nitrogens with one attached hydrogen (secondary N) is 1. The number of nitrogens with zero attached hydrogens (tertiary/aromatic N) is 2. The summed E-state index contributed by atoms with van der Waals surface area (Å²) in [5.41, 5.74) is 2.69. The standard InChI is InChI=1S/C34H37N3O5S/c1-4-35-34(39)32(23-27-15-7-5-8-16-27)36(24-28-17-13-18-29(22-28)42-3)33(38)25-37(31-21-12-11-14-26(31)2)43(40,41)30-19-9-6-10-20-30/h5-22,32H,4,23-25H2,1-3H3,(H,35,39)/t32-/m1/s1. The molecule has 0 fully saturated rings. The van der Waals surface area contributed by atoms with Crippen molar-refractivity contribution >= 4 is 27.5 Å². The molecule has 4 aromatic rings. The van der Waals surface area contributed by atoms with E-state index in [9.17, 15) is 18.0 Å². The van der Waals surface area contributed by atoms with Gasteiger partial charge >= 0.3 is 0 Å². The number of amides is 2. The average molecular weight is 600 g/mol. The monoisotopic (exact) mass is 599 g/mol. The molecular weight excluding hydrogens is 562 g/mol. The minimum Gasteiger partial charge on any atom is -0.497 e. The van der Waals surface area contributed by atoms with Gasteiger partial charge < -0.3 is 15.0 Å². The molecule has 0 spiro atoms. The number of rotatable bonds is 13. The van der Waals surface area contributed by atoms with Crippen LogP contribution in [0.5, 0.6) is 5.75 Å². The van der Waals surface area contributed by atoms with Crippen LogP contribution in [0.3, 0.4) is 0 Å². The Morgan fingerprint density at radius 1 is 0.837 bits per heavy atom. The third-order valence-electron chi connectivity index (χ3n) is 7.10. The lowest BCUT2D eigenvalue weighted by molar-refractivity contribution is -0.140. The number of likely N-dealkylation sites (N-methyl/N-ethyl adjacent to an activating group) is 1. The molecule has 4 rings (SSSR count). The van der Waals surface area contributed by atoms with Crippen LogP contribution >= 0.6 is 0 Å². The molecule has 0 aliphatic carbocycles. The van der Waals surface area contributed by atoms with Gasteiger partial charge in [-0.3, -0.25) is 13.9 Å². The maximum Gasteiger partial charge on any atom is 0.264 e. The fourth-order valence-corrected chi connectivity index (χ4v) is 6.39. The van der Waals surface area contributed by atoms with E-state index in [0.717, 1.165) is 15.4 Å². The highest BCUT2D eigenvalue weighted by molar-refractivity contribution is 7.92. The van der Waals surface area contributed by atoms with E-state index < -0.39 is 28.5 Å². The van der Waals surface area contributed by atoms with E-state index in [1.165, 1.54) is 17.0 Å². The molecule has 1 atom stereocenters. The first-order valence-corrected chi connectivity index (χ1v) is 15.6. The number of methoxy groups -OCH3 is 1. The summed E-state index contributed by atoms with van der Waals surface area (Å²) in [5, 5.41) is 2.87. The first-order chi connectivity index (χ1) is 20.7. The lowest BCUT2D eigenvalue weighted by Crippen LogP contribution is -2.53. The summed E-state index contributed by atoms with van der Waals surface area (Å²) in [6, 6.07) is 30.9. The number of hydrogen-bond acceptors (Lipinski definition) is 5. The topological polar surface area (TPSA) is 96.0 Å². The zero-order valence-electron chi connectivity index (χ0n) is 24.6. The zero-order chi connectivity index (χ0) is 30.8. The second-order valence-corrected chi connectivity index (χ2v) is 11.9. The van der Waals surface area contributed by atoms with Crippen LogP contribution in [-0.2, 0) is 32.6 Å². The summed E-state index contributed by atoms with van der Waals surface area (Å²) in [6.45, 7) is 3.56. The van der Waals surface area contributed by atoms with Crippen LogP contribution in [0.4, 0.5) is 5.69 Å². The molecule has 4 aromatic carbocycles. The number of carbonyl (C=O) groups excluding carboxylic acids is 2. The number of aryl methyl sites for hydroxylation is 1. The van der Waals surface area contributed by atoms with Gasteiger partial charge in [-0.1, -0.05) is 78.9 Å². The van der Waals surface area contributed by atoms with Crippen molar-refractivity contribution in [2.45, 2.75) is 37.8 Å². The van der Waals surface area contributed by atoms with Crippen LogP contribution in [0.2, 0.25) is 0 Å². The zero-order valence-corrected chi connectivity index (χ0v) is 25.5. The van der Waals surface area contributed by atoms with Gasteiger partial charge in [0.2, 0.25) is 11.8 Å². The second-order valence-electron chi connectivity index (χ2n) is 10.1. The molecule has 0 saturated heterocycles. The normalized spacial score (nSPS) is 11.8. The van der Waals surface area contributed by atoms with Crippen molar-refractivity contribution in [3.63, 3.8) is 0 Å². The van der Waals surface area contributed by atoms with E-state index in [-0.39, 0.29) is 23.8 Å².